The van der Waals surface area contributed by atoms with Gasteiger partial charge in [0, 0.05) is 11.6 Å². The number of ether oxygens (including phenoxy) is 1. The minimum absolute atomic E-state index is 0.600. The summed E-state index contributed by atoms with van der Waals surface area (Å²) in [6, 6.07) is 15.2. The van der Waals surface area contributed by atoms with Gasteiger partial charge in [0.2, 0.25) is 0 Å². The summed E-state index contributed by atoms with van der Waals surface area (Å²) in [4.78, 5) is 0. The lowest BCUT2D eigenvalue weighted by atomic mass is 10.1. The first kappa shape index (κ1) is 13.9. The number of halogens is 1. The normalized spacial score (nSPS) is 10.4. The minimum atomic E-state index is 0.600. The third kappa shape index (κ3) is 4.56. The van der Waals surface area contributed by atoms with Crippen LogP contribution in [0.4, 0.5) is 0 Å². The highest BCUT2D eigenvalue weighted by Crippen LogP contribution is 2.23. The Bertz CT molecular complexity index is 497. The molecule has 0 aliphatic carbocycles. The van der Waals surface area contributed by atoms with Gasteiger partial charge >= 0.3 is 0 Å². The Morgan fingerprint density at radius 2 is 1.53 bits per heavy atom. The van der Waals surface area contributed by atoms with Crippen LogP contribution in [0.15, 0.2) is 48.5 Å². The van der Waals surface area contributed by atoms with E-state index in [1.165, 1.54) is 5.56 Å². The standard InChI is InChI=1S/C15H16ClNO2/c16-13-5-9-15(10-6-13)19-14-7-3-12(4-8-14)2-1-11-17-18/h3-10,17-18H,1-2,11H2. The first-order chi connectivity index (χ1) is 9.28. The van der Waals surface area contributed by atoms with Gasteiger partial charge in [-0.1, -0.05) is 23.7 Å². The van der Waals surface area contributed by atoms with Gasteiger partial charge in [0.05, 0.1) is 0 Å². The molecular weight excluding hydrogens is 262 g/mol. The first-order valence-corrected chi connectivity index (χ1v) is 6.55. The predicted octanol–water partition coefficient (Wildman–Crippen LogP) is 4.04. The summed E-state index contributed by atoms with van der Waals surface area (Å²) >= 11 is 5.82. The predicted molar refractivity (Wildman–Crippen MR) is 76.1 cm³/mol. The van der Waals surface area contributed by atoms with Crippen LogP contribution in [0, 0.1) is 0 Å². The molecule has 0 saturated carbocycles. The Morgan fingerprint density at radius 1 is 0.947 bits per heavy atom. The second-order valence-corrected chi connectivity index (χ2v) is 4.65. The molecule has 19 heavy (non-hydrogen) atoms. The Kier molecular flexibility index (Phi) is 5.21. The molecule has 0 aliphatic rings. The summed E-state index contributed by atoms with van der Waals surface area (Å²) in [5.41, 5.74) is 3.37. The Labute approximate surface area is 117 Å². The van der Waals surface area contributed by atoms with E-state index in [1.54, 1.807) is 12.1 Å². The Hall–Kier alpha value is -1.55. The molecule has 0 bridgehead atoms. The smallest absolute Gasteiger partial charge is 0.127 e. The number of hydroxylamine groups is 1. The highest BCUT2D eigenvalue weighted by molar-refractivity contribution is 6.30. The second kappa shape index (κ2) is 7.14. The highest BCUT2D eigenvalue weighted by Gasteiger charge is 1.98. The molecule has 4 heteroatoms. The van der Waals surface area contributed by atoms with Crippen molar-refractivity contribution in [2.45, 2.75) is 12.8 Å². The van der Waals surface area contributed by atoms with Crippen molar-refractivity contribution in [3.63, 3.8) is 0 Å². The third-order valence-corrected chi connectivity index (χ3v) is 2.98. The zero-order valence-corrected chi connectivity index (χ0v) is 11.2. The molecule has 2 rings (SSSR count). The second-order valence-electron chi connectivity index (χ2n) is 4.21. The van der Waals surface area contributed by atoms with Crippen LogP contribution in [-0.4, -0.2) is 11.8 Å². The van der Waals surface area contributed by atoms with Gasteiger partial charge in [0.1, 0.15) is 11.5 Å². The molecule has 0 aromatic heterocycles. The topological polar surface area (TPSA) is 41.5 Å². The van der Waals surface area contributed by atoms with Crippen LogP contribution in [-0.2, 0) is 6.42 Å². The number of rotatable bonds is 6. The van der Waals surface area contributed by atoms with Gasteiger partial charge in [-0.2, -0.15) is 0 Å². The fourth-order valence-corrected chi connectivity index (χ4v) is 1.86. The SMILES string of the molecule is ONCCCc1ccc(Oc2ccc(Cl)cc2)cc1. The van der Waals surface area contributed by atoms with Gasteiger partial charge < -0.3 is 9.94 Å². The maximum Gasteiger partial charge on any atom is 0.127 e. The monoisotopic (exact) mass is 277 g/mol. The van der Waals surface area contributed by atoms with Gasteiger partial charge in [-0.25, -0.2) is 5.48 Å². The van der Waals surface area contributed by atoms with Crippen molar-refractivity contribution in [1.29, 1.82) is 0 Å². The average Bonchev–Trinajstić information content (AvgIpc) is 2.44. The summed E-state index contributed by atoms with van der Waals surface area (Å²) < 4.78 is 5.70. The summed E-state index contributed by atoms with van der Waals surface area (Å²) in [5, 5.41) is 9.19. The zero-order chi connectivity index (χ0) is 13.5. The number of hydrogen-bond acceptors (Lipinski definition) is 3. The van der Waals surface area contributed by atoms with Crippen LogP contribution in [0.2, 0.25) is 5.02 Å². The molecule has 2 N–H and O–H groups in total. The van der Waals surface area contributed by atoms with Crippen molar-refractivity contribution in [2.24, 2.45) is 0 Å². The van der Waals surface area contributed by atoms with E-state index in [9.17, 15) is 0 Å². The van der Waals surface area contributed by atoms with Crippen molar-refractivity contribution in [3.05, 3.63) is 59.1 Å². The van der Waals surface area contributed by atoms with Crippen LogP contribution in [0.5, 0.6) is 11.5 Å². The molecule has 100 valence electrons. The van der Waals surface area contributed by atoms with Gasteiger partial charge in [0.15, 0.2) is 0 Å². The molecule has 2 aromatic carbocycles. The van der Waals surface area contributed by atoms with Crippen LogP contribution in [0.3, 0.4) is 0 Å². The lowest BCUT2D eigenvalue weighted by molar-refractivity contribution is 0.166. The van der Waals surface area contributed by atoms with Gasteiger partial charge in [-0.3, -0.25) is 0 Å². The van der Waals surface area contributed by atoms with Crippen LogP contribution in [0.25, 0.3) is 0 Å². The largest absolute Gasteiger partial charge is 0.457 e. The van der Waals surface area contributed by atoms with Gasteiger partial charge in [0.25, 0.3) is 0 Å². The fraction of sp³-hybridized carbons (Fsp3) is 0.200. The zero-order valence-electron chi connectivity index (χ0n) is 10.5. The molecule has 0 atom stereocenters. The third-order valence-electron chi connectivity index (χ3n) is 2.73. The van der Waals surface area contributed by atoms with E-state index in [4.69, 9.17) is 21.5 Å². The summed E-state index contributed by atoms with van der Waals surface area (Å²) in [6.45, 7) is 0.600. The molecule has 0 amide bonds. The number of aryl methyl sites for hydroxylation is 1. The van der Waals surface area contributed by atoms with Crippen LogP contribution in [0.1, 0.15) is 12.0 Å². The Balaban J connectivity index is 1.92. The van der Waals surface area contributed by atoms with Crippen molar-refractivity contribution in [2.75, 3.05) is 6.54 Å². The molecule has 0 radical (unpaired) electrons. The molecule has 0 unspecified atom stereocenters. The maximum absolute atomic E-state index is 8.49. The summed E-state index contributed by atoms with van der Waals surface area (Å²) in [7, 11) is 0. The summed E-state index contributed by atoms with van der Waals surface area (Å²) in [5.74, 6) is 1.56. The van der Waals surface area contributed by atoms with E-state index in [-0.39, 0.29) is 0 Å². The molecule has 0 saturated heterocycles. The van der Waals surface area contributed by atoms with E-state index < -0.39 is 0 Å². The molecule has 0 aliphatic heterocycles. The van der Waals surface area contributed by atoms with Crippen molar-refractivity contribution < 1.29 is 9.94 Å². The van der Waals surface area contributed by atoms with E-state index in [0.717, 1.165) is 24.3 Å². The van der Waals surface area contributed by atoms with Gasteiger partial charge in [-0.15, -0.1) is 0 Å². The van der Waals surface area contributed by atoms with Crippen LogP contribution < -0.4 is 10.2 Å². The molecule has 0 spiro atoms. The first-order valence-electron chi connectivity index (χ1n) is 6.17. The lowest BCUT2D eigenvalue weighted by Crippen LogP contribution is -2.09. The van der Waals surface area contributed by atoms with Crippen molar-refractivity contribution >= 4 is 11.6 Å². The maximum atomic E-state index is 8.49. The number of benzene rings is 2. The minimum Gasteiger partial charge on any atom is -0.457 e. The molecule has 0 heterocycles. The van der Waals surface area contributed by atoms with Crippen molar-refractivity contribution in [3.8, 4) is 11.5 Å². The van der Waals surface area contributed by atoms with Gasteiger partial charge in [-0.05, 0) is 54.8 Å². The average molecular weight is 278 g/mol. The molecule has 0 fully saturated rings. The fourth-order valence-electron chi connectivity index (χ4n) is 1.73. The number of nitrogens with one attached hydrogen (secondary N) is 1. The molecule has 2 aromatic rings. The van der Waals surface area contributed by atoms with E-state index in [0.29, 0.717) is 11.6 Å². The number of hydrogen-bond donors (Lipinski definition) is 2. The highest BCUT2D eigenvalue weighted by atomic mass is 35.5. The van der Waals surface area contributed by atoms with E-state index in [1.807, 2.05) is 36.4 Å². The lowest BCUT2D eigenvalue weighted by Gasteiger charge is -2.07. The van der Waals surface area contributed by atoms with Crippen LogP contribution >= 0.6 is 11.6 Å². The Morgan fingerprint density at radius 3 is 2.11 bits per heavy atom. The summed E-state index contributed by atoms with van der Waals surface area (Å²) in [6.07, 6.45) is 1.82. The molecular formula is C15H16ClNO2. The quantitative estimate of drug-likeness (QED) is 0.618. The molecule has 3 nitrogen and oxygen atoms in total. The van der Waals surface area contributed by atoms with E-state index >= 15 is 0 Å². The van der Waals surface area contributed by atoms with E-state index in [2.05, 4.69) is 5.48 Å². The van der Waals surface area contributed by atoms with Crippen molar-refractivity contribution in [1.82, 2.24) is 5.48 Å².